The van der Waals surface area contributed by atoms with Gasteiger partial charge in [0.1, 0.15) is 23.3 Å². The fourth-order valence-corrected chi connectivity index (χ4v) is 1.75. The van der Waals surface area contributed by atoms with Crippen molar-refractivity contribution in [3.63, 3.8) is 0 Å². The fourth-order valence-electron chi connectivity index (χ4n) is 1.75. The van der Waals surface area contributed by atoms with Gasteiger partial charge in [-0.1, -0.05) is 6.07 Å². The van der Waals surface area contributed by atoms with Crippen molar-refractivity contribution in [3.8, 4) is 0 Å². The second-order valence-corrected chi connectivity index (χ2v) is 5.89. The summed E-state index contributed by atoms with van der Waals surface area (Å²) in [5.74, 6) is -2.88. The molecule has 1 aromatic carbocycles. The van der Waals surface area contributed by atoms with E-state index < -0.39 is 35.3 Å². The molecular weight excluding hydrogens is 296 g/mol. The highest BCUT2D eigenvalue weighted by Crippen LogP contribution is 2.17. The number of carbonyl (C=O) groups is 2. The number of nitrogens with one attached hydrogen (secondary N) is 1. The maximum absolute atomic E-state index is 13.9. The Morgan fingerprint density at radius 3 is 2.41 bits per heavy atom. The number of alkyl carbamates (subject to hydrolysis) is 1. The molecule has 0 aliphatic heterocycles. The number of benzene rings is 1. The van der Waals surface area contributed by atoms with Crippen molar-refractivity contribution in [2.75, 3.05) is 0 Å². The number of aliphatic carboxylic acids is 1. The number of amides is 1. The van der Waals surface area contributed by atoms with Gasteiger partial charge >= 0.3 is 12.1 Å². The summed E-state index contributed by atoms with van der Waals surface area (Å²) in [5, 5.41) is 11.3. The van der Waals surface area contributed by atoms with E-state index in [1.54, 1.807) is 20.8 Å². The predicted molar refractivity (Wildman–Crippen MR) is 75.6 cm³/mol. The summed E-state index contributed by atoms with van der Waals surface area (Å²) in [7, 11) is 0. The molecule has 1 unspecified atom stereocenters. The normalized spacial score (nSPS) is 12.6. The Kier molecular flexibility index (Phi) is 5.46. The summed E-state index contributed by atoms with van der Waals surface area (Å²) in [5.41, 5.74) is -0.980. The molecular formula is C15H19F2NO4. The Morgan fingerprint density at radius 1 is 1.32 bits per heavy atom. The third kappa shape index (κ3) is 4.98. The monoisotopic (exact) mass is 315 g/mol. The SMILES string of the molecule is Cc1c(F)ccc(CC(NC(=O)OC(C)(C)C)C(=O)O)c1F. The van der Waals surface area contributed by atoms with Gasteiger partial charge in [-0.25, -0.2) is 18.4 Å². The molecule has 0 bridgehead atoms. The second kappa shape index (κ2) is 6.72. The van der Waals surface area contributed by atoms with Gasteiger partial charge in [0.05, 0.1) is 0 Å². The lowest BCUT2D eigenvalue weighted by molar-refractivity contribution is -0.139. The number of carboxylic acid groups (broad SMARTS) is 1. The zero-order chi connectivity index (χ0) is 17.1. The van der Waals surface area contributed by atoms with Gasteiger partial charge < -0.3 is 15.2 Å². The molecule has 1 atom stereocenters. The van der Waals surface area contributed by atoms with E-state index in [1.807, 2.05) is 0 Å². The summed E-state index contributed by atoms with van der Waals surface area (Å²) < 4.78 is 32.1. The van der Waals surface area contributed by atoms with Gasteiger partial charge in [0.15, 0.2) is 0 Å². The maximum Gasteiger partial charge on any atom is 0.408 e. The quantitative estimate of drug-likeness (QED) is 0.896. The maximum atomic E-state index is 13.9. The van der Waals surface area contributed by atoms with Gasteiger partial charge in [-0.15, -0.1) is 0 Å². The molecule has 0 saturated carbocycles. The Labute approximate surface area is 127 Å². The smallest absolute Gasteiger partial charge is 0.408 e. The van der Waals surface area contributed by atoms with E-state index >= 15 is 0 Å². The van der Waals surface area contributed by atoms with Crippen molar-refractivity contribution >= 4 is 12.1 Å². The molecule has 0 saturated heterocycles. The molecule has 0 radical (unpaired) electrons. The summed E-state index contributed by atoms with van der Waals surface area (Å²) in [6.45, 7) is 6.15. The van der Waals surface area contributed by atoms with Crippen LogP contribution in [0.3, 0.4) is 0 Å². The molecule has 0 heterocycles. The lowest BCUT2D eigenvalue weighted by Gasteiger charge is -2.22. The summed E-state index contributed by atoms with van der Waals surface area (Å²) in [6, 6.07) is 0.832. The number of ether oxygens (including phenoxy) is 1. The highest BCUT2D eigenvalue weighted by molar-refractivity contribution is 5.80. The average Bonchev–Trinajstić information content (AvgIpc) is 2.36. The topological polar surface area (TPSA) is 75.6 Å². The van der Waals surface area contributed by atoms with E-state index in [4.69, 9.17) is 9.84 Å². The molecule has 0 aromatic heterocycles. The minimum absolute atomic E-state index is 0.00218. The molecule has 1 rings (SSSR count). The number of rotatable bonds is 4. The Morgan fingerprint density at radius 2 is 1.91 bits per heavy atom. The third-order valence-electron chi connectivity index (χ3n) is 2.81. The molecule has 1 amide bonds. The Hall–Kier alpha value is -2.18. The van der Waals surface area contributed by atoms with Crippen LogP contribution in [0.2, 0.25) is 0 Å². The van der Waals surface area contributed by atoms with Gasteiger partial charge in [0, 0.05) is 12.0 Å². The van der Waals surface area contributed by atoms with Crippen LogP contribution in [0.4, 0.5) is 13.6 Å². The summed E-state index contributed by atoms with van der Waals surface area (Å²) in [4.78, 5) is 22.8. The third-order valence-corrected chi connectivity index (χ3v) is 2.81. The summed E-state index contributed by atoms with van der Waals surface area (Å²) >= 11 is 0. The van der Waals surface area contributed by atoms with Gasteiger partial charge in [0.2, 0.25) is 0 Å². The number of hydrogen-bond acceptors (Lipinski definition) is 3. The van der Waals surface area contributed by atoms with Crippen LogP contribution < -0.4 is 5.32 Å². The Bertz CT molecular complexity index is 582. The van der Waals surface area contributed by atoms with E-state index in [-0.39, 0.29) is 17.5 Å². The molecule has 0 spiro atoms. The molecule has 122 valence electrons. The lowest BCUT2D eigenvalue weighted by Crippen LogP contribution is -2.44. The first-order valence-corrected chi connectivity index (χ1v) is 6.67. The zero-order valence-corrected chi connectivity index (χ0v) is 12.9. The molecule has 0 aliphatic carbocycles. The first kappa shape index (κ1) is 17.9. The summed E-state index contributed by atoms with van der Waals surface area (Å²) in [6.07, 6.45) is -1.24. The minimum Gasteiger partial charge on any atom is -0.480 e. The van der Waals surface area contributed by atoms with Crippen molar-refractivity contribution in [1.82, 2.24) is 5.32 Å². The van der Waals surface area contributed by atoms with Crippen molar-refractivity contribution in [1.29, 1.82) is 0 Å². The first-order chi connectivity index (χ1) is 10.0. The number of halogens is 2. The zero-order valence-electron chi connectivity index (χ0n) is 12.9. The van der Waals surface area contributed by atoms with Gasteiger partial charge in [-0.05, 0) is 39.3 Å². The molecule has 2 N–H and O–H groups in total. The number of carboxylic acids is 1. The van der Waals surface area contributed by atoms with Crippen LogP contribution in [0.1, 0.15) is 31.9 Å². The van der Waals surface area contributed by atoms with Crippen LogP contribution in [-0.2, 0) is 16.0 Å². The van der Waals surface area contributed by atoms with Crippen LogP contribution in [-0.4, -0.2) is 28.8 Å². The van der Waals surface area contributed by atoms with E-state index in [1.165, 1.54) is 6.92 Å². The van der Waals surface area contributed by atoms with Crippen LogP contribution in [0.25, 0.3) is 0 Å². The molecule has 0 fully saturated rings. The molecule has 5 nitrogen and oxygen atoms in total. The van der Waals surface area contributed by atoms with Crippen molar-refractivity contribution in [2.45, 2.75) is 45.8 Å². The lowest BCUT2D eigenvalue weighted by atomic mass is 10.0. The van der Waals surface area contributed by atoms with Gasteiger partial charge in [-0.3, -0.25) is 0 Å². The van der Waals surface area contributed by atoms with Gasteiger partial charge in [-0.2, -0.15) is 0 Å². The molecule has 7 heteroatoms. The largest absolute Gasteiger partial charge is 0.480 e. The standard InChI is InChI=1S/C15H19F2NO4/c1-8-10(16)6-5-9(12(8)17)7-11(13(19)20)18-14(21)22-15(2,3)4/h5-6,11H,7H2,1-4H3,(H,18,21)(H,19,20). The van der Waals surface area contributed by atoms with Crippen LogP contribution in [0.15, 0.2) is 12.1 Å². The minimum atomic E-state index is -1.38. The average molecular weight is 315 g/mol. The highest BCUT2D eigenvalue weighted by Gasteiger charge is 2.25. The van der Waals surface area contributed by atoms with Crippen molar-refractivity contribution in [3.05, 3.63) is 34.9 Å². The fraction of sp³-hybridized carbons (Fsp3) is 0.467. The van der Waals surface area contributed by atoms with E-state index in [9.17, 15) is 18.4 Å². The number of hydrogen-bond donors (Lipinski definition) is 2. The Balaban J connectivity index is 2.88. The van der Waals surface area contributed by atoms with Crippen LogP contribution in [0, 0.1) is 18.6 Å². The van der Waals surface area contributed by atoms with Gasteiger partial charge in [0.25, 0.3) is 0 Å². The van der Waals surface area contributed by atoms with Crippen LogP contribution >= 0.6 is 0 Å². The highest BCUT2D eigenvalue weighted by atomic mass is 19.1. The van der Waals surface area contributed by atoms with E-state index in [0.717, 1.165) is 12.1 Å². The van der Waals surface area contributed by atoms with Crippen LogP contribution in [0.5, 0.6) is 0 Å². The molecule has 0 aliphatic rings. The van der Waals surface area contributed by atoms with E-state index in [2.05, 4.69) is 5.32 Å². The second-order valence-electron chi connectivity index (χ2n) is 5.89. The van der Waals surface area contributed by atoms with Crippen molar-refractivity contribution in [2.24, 2.45) is 0 Å². The predicted octanol–water partition coefficient (Wildman–Crippen LogP) is 2.79. The molecule has 1 aromatic rings. The molecule has 22 heavy (non-hydrogen) atoms. The number of carbonyl (C=O) groups excluding carboxylic acids is 1. The van der Waals surface area contributed by atoms with Crippen molar-refractivity contribution < 1.29 is 28.2 Å². The van der Waals surface area contributed by atoms with E-state index in [0.29, 0.717) is 0 Å². The first-order valence-electron chi connectivity index (χ1n) is 6.67.